The molecule has 41 heavy (non-hydrogen) atoms. The van der Waals surface area contributed by atoms with Crippen LogP contribution in [0.5, 0.6) is 17.2 Å². The fourth-order valence-electron chi connectivity index (χ4n) is 4.07. The largest absolute Gasteiger partial charge is 0.864 e. The molecular formula is C25H22BF10N2O3+. The van der Waals surface area contributed by atoms with E-state index in [0.29, 0.717) is 31.0 Å². The van der Waals surface area contributed by atoms with Gasteiger partial charge in [-0.2, -0.15) is 17.6 Å². The third-order valence-corrected chi connectivity index (χ3v) is 6.57. The molecule has 0 saturated carbocycles. The van der Waals surface area contributed by atoms with Crippen LogP contribution in [0.2, 0.25) is 0 Å². The van der Waals surface area contributed by atoms with Gasteiger partial charge in [0.1, 0.15) is 0 Å². The predicted molar refractivity (Wildman–Crippen MR) is 130 cm³/mol. The van der Waals surface area contributed by atoms with Gasteiger partial charge in [-0.1, -0.05) is 0 Å². The van der Waals surface area contributed by atoms with E-state index in [1.54, 1.807) is 33.9 Å². The highest BCUT2D eigenvalue weighted by molar-refractivity contribution is 6.39. The first-order valence-corrected chi connectivity index (χ1v) is 12.0. The van der Waals surface area contributed by atoms with Gasteiger partial charge in [-0.15, -0.1) is 0 Å². The first-order valence-electron chi connectivity index (χ1n) is 12.0. The highest BCUT2D eigenvalue weighted by Gasteiger charge is 2.41. The molecule has 3 aromatic rings. The number of rotatable bonds is 11. The lowest BCUT2D eigenvalue weighted by atomic mass is 10.1. The highest BCUT2D eigenvalue weighted by atomic mass is 19.2. The van der Waals surface area contributed by atoms with Gasteiger partial charge in [-0.3, -0.25) is 4.48 Å². The SMILES string of the molecule is CC[N+](CC)(CC)c1cc(NC)ccc1OB(Oc1c(F)c(F)c(F)c(F)c1F)Oc1c(F)c(F)c(F)c(F)c1F. The van der Waals surface area contributed by atoms with E-state index in [2.05, 4.69) is 5.32 Å². The normalized spacial score (nSPS) is 11.5. The van der Waals surface area contributed by atoms with Crippen molar-refractivity contribution in [1.29, 1.82) is 0 Å². The van der Waals surface area contributed by atoms with Crippen LogP contribution in [-0.2, 0) is 0 Å². The molecule has 3 rings (SSSR count). The summed E-state index contributed by atoms with van der Waals surface area (Å²) in [4.78, 5) is 0. The van der Waals surface area contributed by atoms with Crippen LogP contribution in [0.25, 0.3) is 0 Å². The minimum atomic E-state index is -2.86. The summed E-state index contributed by atoms with van der Waals surface area (Å²) < 4.78 is 155. The van der Waals surface area contributed by atoms with Crippen molar-refractivity contribution in [2.24, 2.45) is 0 Å². The fourth-order valence-corrected chi connectivity index (χ4v) is 4.07. The van der Waals surface area contributed by atoms with Gasteiger partial charge in [0.25, 0.3) is 0 Å². The van der Waals surface area contributed by atoms with Gasteiger partial charge in [-0.25, -0.2) is 26.3 Å². The second-order valence-electron chi connectivity index (χ2n) is 8.47. The van der Waals surface area contributed by atoms with Gasteiger partial charge in [0, 0.05) is 18.8 Å². The average molecular weight is 599 g/mol. The first kappa shape index (κ1) is 31.7. The van der Waals surface area contributed by atoms with Crippen molar-refractivity contribution in [1.82, 2.24) is 4.48 Å². The number of hydrogen-bond acceptors (Lipinski definition) is 4. The molecule has 0 aliphatic carbocycles. The van der Waals surface area contributed by atoms with Gasteiger partial charge in [-0.05, 0) is 32.9 Å². The van der Waals surface area contributed by atoms with Crippen LogP contribution in [0.4, 0.5) is 55.3 Å². The Labute approximate surface area is 228 Å². The van der Waals surface area contributed by atoms with Gasteiger partial charge < -0.3 is 19.3 Å². The summed E-state index contributed by atoms with van der Waals surface area (Å²) in [5.74, 6) is -29.3. The van der Waals surface area contributed by atoms with Gasteiger partial charge in [0.15, 0.2) is 22.9 Å². The summed E-state index contributed by atoms with van der Waals surface area (Å²) in [6, 6.07) is 4.24. The summed E-state index contributed by atoms with van der Waals surface area (Å²) in [6.07, 6.45) is 0. The van der Waals surface area contributed by atoms with Crippen LogP contribution in [0.15, 0.2) is 18.2 Å². The predicted octanol–water partition coefficient (Wildman–Crippen LogP) is 7.01. The second-order valence-corrected chi connectivity index (χ2v) is 8.47. The van der Waals surface area contributed by atoms with E-state index >= 15 is 0 Å². The Bertz CT molecular complexity index is 1320. The topological polar surface area (TPSA) is 39.7 Å². The molecule has 0 aliphatic rings. The van der Waals surface area contributed by atoms with Crippen molar-refractivity contribution in [3.63, 3.8) is 0 Å². The maximum atomic E-state index is 14.4. The Morgan fingerprint density at radius 3 is 1.29 bits per heavy atom. The zero-order valence-electron chi connectivity index (χ0n) is 21.9. The van der Waals surface area contributed by atoms with Crippen LogP contribution in [-0.4, -0.2) is 34.0 Å². The summed E-state index contributed by atoms with van der Waals surface area (Å²) >= 11 is 0. The van der Waals surface area contributed by atoms with Crippen LogP contribution < -0.4 is 23.8 Å². The molecule has 0 aliphatic heterocycles. The number of halogens is 10. The van der Waals surface area contributed by atoms with Crippen molar-refractivity contribution >= 4 is 18.7 Å². The quantitative estimate of drug-likeness (QED) is 0.0847. The van der Waals surface area contributed by atoms with Crippen molar-refractivity contribution in [3.05, 3.63) is 76.4 Å². The molecule has 0 aromatic heterocycles. The lowest BCUT2D eigenvalue weighted by molar-refractivity contribution is 0.254. The van der Waals surface area contributed by atoms with Crippen molar-refractivity contribution in [2.45, 2.75) is 20.8 Å². The van der Waals surface area contributed by atoms with E-state index in [9.17, 15) is 43.9 Å². The van der Waals surface area contributed by atoms with Crippen LogP contribution >= 0.6 is 0 Å². The number of benzene rings is 3. The van der Waals surface area contributed by atoms with E-state index in [-0.39, 0.29) is 10.2 Å². The summed E-state index contributed by atoms with van der Waals surface area (Å²) in [5, 5.41) is 2.87. The molecule has 0 unspecified atom stereocenters. The number of anilines is 1. The number of hydrogen-bond donors (Lipinski definition) is 1. The molecule has 3 aromatic carbocycles. The molecule has 0 radical (unpaired) electrons. The molecule has 0 atom stereocenters. The Hall–Kier alpha value is -3.82. The van der Waals surface area contributed by atoms with E-state index in [0.717, 1.165) is 0 Å². The molecule has 0 amide bonds. The zero-order valence-corrected chi connectivity index (χ0v) is 21.9. The molecule has 5 nitrogen and oxygen atoms in total. The lowest BCUT2D eigenvalue weighted by Crippen LogP contribution is -2.49. The molecule has 1 N–H and O–H groups in total. The Balaban J connectivity index is 2.24. The number of quaternary nitrogens is 1. The van der Waals surface area contributed by atoms with Crippen LogP contribution in [0.3, 0.4) is 0 Å². The summed E-state index contributed by atoms with van der Waals surface area (Å²) in [6.45, 7) is 6.69. The van der Waals surface area contributed by atoms with Crippen molar-refractivity contribution in [3.8, 4) is 17.2 Å². The molecule has 0 heterocycles. The zero-order chi connectivity index (χ0) is 30.8. The molecule has 0 saturated heterocycles. The minimum Gasteiger partial charge on any atom is -0.484 e. The highest BCUT2D eigenvalue weighted by Crippen LogP contribution is 2.38. The van der Waals surface area contributed by atoms with E-state index in [1.165, 1.54) is 12.1 Å². The number of nitrogens with one attached hydrogen (secondary N) is 1. The minimum absolute atomic E-state index is 0.155. The monoisotopic (exact) mass is 599 g/mol. The first-order chi connectivity index (χ1) is 19.3. The van der Waals surface area contributed by atoms with E-state index in [4.69, 9.17) is 14.0 Å². The van der Waals surface area contributed by atoms with Crippen molar-refractivity contribution < 1.29 is 57.9 Å². The second kappa shape index (κ2) is 12.4. The standard InChI is InChI=1S/C25H22BF10N2O3/c1-5-38(6-2,7-3)12-10-11(37-4)8-9-13(12)39-26(40-24-20(33)16(29)14(27)17(30)21(24)34)41-25-22(35)18(31)15(28)19(32)23(25)36/h8-10,37H,5-7H2,1-4H3/q+1. The molecule has 16 heteroatoms. The Morgan fingerprint density at radius 2 is 0.951 bits per heavy atom. The lowest BCUT2D eigenvalue weighted by Gasteiger charge is -2.36. The van der Waals surface area contributed by atoms with E-state index in [1.807, 2.05) is 0 Å². The fraction of sp³-hybridized carbons (Fsp3) is 0.280. The third kappa shape index (κ3) is 5.69. The van der Waals surface area contributed by atoms with Crippen LogP contribution in [0, 0.1) is 58.2 Å². The summed E-state index contributed by atoms with van der Waals surface area (Å²) in [5.41, 5.74) is 0.861. The maximum absolute atomic E-state index is 14.4. The van der Waals surface area contributed by atoms with Crippen molar-refractivity contribution in [2.75, 3.05) is 32.0 Å². The van der Waals surface area contributed by atoms with E-state index < -0.39 is 77.0 Å². The maximum Gasteiger partial charge on any atom is 0.864 e. The molecule has 0 fully saturated rings. The summed E-state index contributed by atoms with van der Waals surface area (Å²) in [7, 11) is -1.28. The number of nitrogens with zero attached hydrogens (tertiary/aromatic N) is 1. The van der Waals surface area contributed by atoms with Gasteiger partial charge in [0.2, 0.25) is 58.2 Å². The molecule has 222 valence electrons. The van der Waals surface area contributed by atoms with Gasteiger partial charge >= 0.3 is 7.32 Å². The van der Waals surface area contributed by atoms with Crippen LogP contribution in [0.1, 0.15) is 20.8 Å². The average Bonchev–Trinajstić information content (AvgIpc) is 2.98. The Morgan fingerprint density at radius 1 is 0.585 bits per heavy atom. The molecule has 0 spiro atoms. The smallest absolute Gasteiger partial charge is 0.484 e. The third-order valence-electron chi connectivity index (χ3n) is 6.57. The Kier molecular flexibility index (Phi) is 9.56. The molecular weight excluding hydrogens is 577 g/mol. The molecule has 0 bridgehead atoms. The van der Waals surface area contributed by atoms with Gasteiger partial charge in [0.05, 0.1) is 19.6 Å².